The lowest BCUT2D eigenvalue weighted by Crippen LogP contribution is -2.41. The summed E-state index contributed by atoms with van der Waals surface area (Å²) >= 11 is 4.68. The number of carbonyl (C=O) groups is 3. The Bertz CT molecular complexity index is 471. The first kappa shape index (κ1) is 17.5. The van der Waals surface area contributed by atoms with Gasteiger partial charge in [0.25, 0.3) is 0 Å². The third-order valence-electron chi connectivity index (χ3n) is 2.76. The van der Waals surface area contributed by atoms with E-state index in [1.165, 1.54) is 0 Å². The highest BCUT2D eigenvalue weighted by Crippen LogP contribution is 2.29. The smallest absolute Gasteiger partial charge is 0.381 e. The highest BCUT2D eigenvalue weighted by atomic mass is 35.5. The largest absolute Gasteiger partial charge is 0.469 e. The van der Waals surface area contributed by atoms with Crippen LogP contribution in [0.15, 0.2) is 4.99 Å². The van der Waals surface area contributed by atoms with Crippen molar-refractivity contribution in [3.63, 3.8) is 0 Å². The number of esters is 2. The second kappa shape index (κ2) is 6.93. The number of carbonyl (C=O) groups excluding carboxylic acids is 3. The predicted octanol–water partition coefficient (Wildman–Crippen LogP) is 1.34. The number of halogens is 3. The van der Waals surface area contributed by atoms with Gasteiger partial charge in [-0.25, -0.2) is 0 Å². The number of methoxy groups -OCH3 is 2. The van der Waals surface area contributed by atoms with Crippen molar-refractivity contribution in [3.8, 4) is 0 Å². The molecule has 9 heteroatoms. The molecule has 0 N–H and O–H groups in total. The van der Waals surface area contributed by atoms with Crippen LogP contribution in [0.1, 0.15) is 19.3 Å². The molecule has 1 atom stereocenters. The molecule has 0 bridgehead atoms. The van der Waals surface area contributed by atoms with E-state index in [-0.39, 0.29) is 11.8 Å². The molecule has 0 radical (unpaired) electrons. The summed E-state index contributed by atoms with van der Waals surface area (Å²) in [4.78, 5) is 38.6. The Morgan fingerprint density at radius 3 is 2.24 bits per heavy atom. The molecule has 6 nitrogen and oxygen atoms in total. The minimum Gasteiger partial charge on any atom is -0.469 e. The first-order valence-electron chi connectivity index (χ1n) is 6.03. The van der Waals surface area contributed by atoms with Crippen LogP contribution in [0, 0.1) is 5.92 Å². The first-order chi connectivity index (χ1) is 9.70. The molecule has 0 aromatic carbocycles. The number of ketones is 1. The molecule has 1 saturated carbocycles. The molecule has 1 aliphatic carbocycles. The molecular weight excluding hydrogens is 312 g/mol. The zero-order valence-electron chi connectivity index (χ0n) is 11.4. The molecule has 0 aliphatic heterocycles. The third-order valence-corrected chi connectivity index (χ3v) is 2.95. The molecule has 0 aromatic rings. The predicted molar refractivity (Wildman–Crippen MR) is 68.4 cm³/mol. The van der Waals surface area contributed by atoms with Crippen LogP contribution in [-0.2, 0) is 23.9 Å². The highest BCUT2D eigenvalue weighted by Gasteiger charge is 2.48. The molecule has 0 heterocycles. The van der Waals surface area contributed by atoms with E-state index < -0.39 is 35.4 Å². The quantitative estimate of drug-likeness (QED) is 0.305. The topological polar surface area (TPSA) is 82.0 Å². The fourth-order valence-electron chi connectivity index (χ4n) is 1.56. The van der Waals surface area contributed by atoms with Crippen LogP contribution >= 0.6 is 11.6 Å². The Labute approximate surface area is 124 Å². The lowest BCUT2D eigenvalue weighted by atomic mass is 9.95. The highest BCUT2D eigenvalue weighted by molar-refractivity contribution is 6.38. The van der Waals surface area contributed by atoms with Crippen molar-refractivity contribution in [2.45, 2.75) is 30.7 Å². The number of rotatable bonds is 7. The van der Waals surface area contributed by atoms with Gasteiger partial charge < -0.3 is 9.47 Å². The first-order valence-corrected chi connectivity index (χ1v) is 6.40. The van der Waals surface area contributed by atoms with Gasteiger partial charge in [-0.3, -0.25) is 19.4 Å². The van der Waals surface area contributed by atoms with Gasteiger partial charge in [0.2, 0.25) is 5.78 Å². The maximum atomic E-state index is 13.0. The summed E-state index contributed by atoms with van der Waals surface area (Å²) in [5.74, 6) is -5.96. The van der Waals surface area contributed by atoms with Crippen LogP contribution in [0.3, 0.4) is 0 Å². The number of alkyl halides is 3. The average molecular weight is 326 g/mol. The van der Waals surface area contributed by atoms with Gasteiger partial charge >= 0.3 is 17.3 Å². The van der Waals surface area contributed by atoms with E-state index in [2.05, 4.69) is 26.1 Å². The van der Waals surface area contributed by atoms with Crippen molar-refractivity contribution in [2.24, 2.45) is 10.9 Å². The van der Waals surface area contributed by atoms with E-state index in [9.17, 15) is 23.2 Å². The van der Waals surface area contributed by atoms with E-state index in [0.717, 1.165) is 14.2 Å². The van der Waals surface area contributed by atoms with Crippen LogP contribution in [0.25, 0.3) is 0 Å². The van der Waals surface area contributed by atoms with Gasteiger partial charge in [-0.05, 0) is 24.4 Å². The number of ether oxygens (including phenoxy) is 2. The molecule has 1 rings (SSSR count). The average Bonchev–Trinajstić information content (AvgIpc) is 3.21. The van der Waals surface area contributed by atoms with E-state index in [1.54, 1.807) is 0 Å². The standard InChI is InChI=1S/C12H14ClF2NO5/c1-20-8(17)5-7(16-6-3-4-6)9(11(19)21-2)10(18)12(13,14)15/h6,9H,3-5H2,1-2H3. The lowest BCUT2D eigenvalue weighted by Gasteiger charge is -2.18. The summed E-state index contributed by atoms with van der Waals surface area (Å²) in [6.07, 6.45) is 0.805. The Hall–Kier alpha value is -1.57. The van der Waals surface area contributed by atoms with Crippen molar-refractivity contribution in [1.82, 2.24) is 0 Å². The number of aliphatic imine (C=N–C) groups is 1. The molecule has 0 spiro atoms. The fourth-order valence-corrected chi connectivity index (χ4v) is 1.67. The SMILES string of the molecule is COC(=O)CC(=NC1CC1)C(C(=O)OC)C(=O)C(F)(F)Cl. The zero-order valence-corrected chi connectivity index (χ0v) is 12.2. The molecule has 0 amide bonds. The van der Waals surface area contributed by atoms with E-state index in [4.69, 9.17) is 0 Å². The van der Waals surface area contributed by atoms with Gasteiger partial charge in [-0.2, -0.15) is 8.78 Å². The monoisotopic (exact) mass is 325 g/mol. The molecular formula is C12H14ClF2NO5. The van der Waals surface area contributed by atoms with Crippen LogP contribution in [0.5, 0.6) is 0 Å². The van der Waals surface area contributed by atoms with Crippen LogP contribution in [0.4, 0.5) is 8.78 Å². The Kier molecular flexibility index (Phi) is 5.77. The molecule has 1 aliphatic rings. The number of hydrogen-bond acceptors (Lipinski definition) is 6. The van der Waals surface area contributed by atoms with Crippen molar-refractivity contribution in [2.75, 3.05) is 14.2 Å². The maximum absolute atomic E-state index is 13.0. The Morgan fingerprint density at radius 2 is 1.86 bits per heavy atom. The van der Waals surface area contributed by atoms with Crippen molar-refractivity contribution < 1.29 is 32.6 Å². The summed E-state index contributed by atoms with van der Waals surface area (Å²) in [5.41, 5.74) is -0.318. The summed E-state index contributed by atoms with van der Waals surface area (Å²) in [7, 11) is 2.02. The summed E-state index contributed by atoms with van der Waals surface area (Å²) < 4.78 is 34.8. The molecule has 1 unspecified atom stereocenters. The summed E-state index contributed by atoms with van der Waals surface area (Å²) in [5, 5.41) is -4.26. The maximum Gasteiger partial charge on any atom is 0.381 e. The summed E-state index contributed by atoms with van der Waals surface area (Å²) in [6.45, 7) is 0. The van der Waals surface area contributed by atoms with E-state index in [1.807, 2.05) is 0 Å². The van der Waals surface area contributed by atoms with Gasteiger partial charge in [0.05, 0.1) is 26.7 Å². The second-order valence-electron chi connectivity index (χ2n) is 4.42. The van der Waals surface area contributed by atoms with Crippen LogP contribution in [0.2, 0.25) is 0 Å². The van der Waals surface area contributed by atoms with Gasteiger partial charge in [0, 0.05) is 5.71 Å². The fraction of sp³-hybridized carbons (Fsp3) is 0.667. The number of Topliss-reactive ketones (excluding diaryl/α,β-unsaturated/α-hetero) is 1. The normalized spacial score (nSPS) is 17.1. The molecule has 21 heavy (non-hydrogen) atoms. The van der Waals surface area contributed by atoms with Crippen molar-refractivity contribution >= 4 is 35.0 Å². The Morgan fingerprint density at radius 1 is 1.29 bits per heavy atom. The number of nitrogens with zero attached hydrogens (tertiary/aromatic N) is 1. The number of hydrogen-bond donors (Lipinski definition) is 0. The van der Waals surface area contributed by atoms with Gasteiger partial charge in [-0.15, -0.1) is 0 Å². The van der Waals surface area contributed by atoms with Crippen LogP contribution in [-0.4, -0.2) is 49.1 Å². The molecule has 118 valence electrons. The minimum absolute atomic E-state index is 0.200. The van der Waals surface area contributed by atoms with Gasteiger partial charge in [-0.1, -0.05) is 0 Å². The Balaban J connectivity index is 3.14. The third kappa shape index (κ3) is 5.04. The minimum atomic E-state index is -4.26. The lowest BCUT2D eigenvalue weighted by molar-refractivity contribution is -0.151. The molecule has 1 fully saturated rings. The zero-order chi connectivity index (χ0) is 16.2. The summed E-state index contributed by atoms with van der Waals surface area (Å²) in [6, 6.07) is -0.200. The van der Waals surface area contributed by atoms with Gasteiger partial charge in [0.1, 0.15) is 0 Å². The second-order valence-corrected chi connectivity index (χ2v) is 4.90. The van der Waals surface area contributed by atoms with Crippen molar-refractivity contribution in [1.29, 1.82) is 0 Å². The van der Waals surface area contributed by atoms with Gasteiger partial charge in [0.15, 0.2) is 5.92 Å². The van der Waals surface area contributed by atoms with Crippen LogP contribution < -0.4 is 0 Å². The van der Waals surface area contributed by atoms with E-state index in [0.29, 0.717) is 12.8 Å². The van der Waals surface area contributed by atoms with Crippen molar-refractivity contribution in [3.05, 3.63) is 0 Å². The molecule has 0 aromatic heterocycles. The molecule has 0 saturated heterocycles. The van der Waals surface area contributed by atoms with E-state index >= 15 is 0 Å².